The topological polar surface area (TPSA) is 83.5 Å². The first kappa shape index (κ1) is 14.0. The van der Waals surface area contributed by atoms with Gasteiger partial charge in [-0.05, 0) is 12.5 Å². The van der Waals surface area contributed by atoms with E-state index in [1.54, 1.807) is 12.1 Å². The monoisotopic (exact) mass is 255 g/mol. The largest absolute Gasteiger partial charge is 0.398 e. The maximum Gasteiger partial charge on any atom is 0.185 e. The summed E-state index contributed by atoms with van der Waals surface area (Å²) in [6.07, 6.45) is -2.07. The molecule has 4 nitrogen and oxygen atoms in total. The average molecular weight is 255 g/mol. The SMILES string of the molecule is CC(=O)SCC(O)C(O)c1cccc(C)c1N. The van der Waals surface area contributed by atoms with Gasteiger partial charge in [-0.25, -0.2) is 0 Å². The van der Waals surface area contributed by atoms with Crippen LogP contribution in [-0.2, 0) is 4.79 Å². The lowest BCUT2D eigenvalue weighted by molar-refractivity contribution is -0.109. The van der Waals surface area contributed by atoms with Crippen molar-refractivity contribution in [3.8, 4) is 0 Å². The normalized spacial score (nSPS) is 14.4. The van der Waals surface area contributed by atoms with Crippen LogP contribution in [0.1, 0.15) is 24.2 Å². The van der Waals surface area contributed by atoms with Crippen molar-refractivity contribution in [3.63, 3.8) is 0 Å². The smallest absolute Gasteiger partial charge is 0.185 e. The van der Waals surface area contributed by atoms with Crippen molar-refractivity contribution in [2.75, 3.05) is 11.5 Å². The first-order chi connectivity index (χ1) is 7.93. The molecule has 2 atom stereocenters. The van der Waals surface area contributed by atoms with Crippen molar-refractivity contribution in [2.45, 2.75) is 26.1 Å². The van der Waals surface area contributed by atoms with E-state index in [0.29, 0.717) is 11.3 Å². The van der Waals surface area contributed by atoms with Crippen LogP contribution in [0.2, 0.25) is 0 Å². The van der Waals surface area contributed by atoms with E-state index in [9.17, 15) is 15.0 Å². The van der Waals surface area contributed by atoms with Gasteiger partial charge >= 0.3 is 0 Å². The van der Waals surface area contributed by atoms with Gasteiger partial charge in [0.05, 0.1) is 6.10 Å². The molecular formula is C12H17NO3S. The lowest BCUT2D eigenvalue weighted by atomic mass is 10.0. The molecule has 94 valence electrons. The highest BCUT2D eigenvalue weighted by molar-refractivity contribution is 8.13. The summed E-state index contributed by atoms with van der Waals surface area (Å²) in [7, 11) is 0. The van der Waals surface area contributed by atoms with Gasteiger partial charge in [0, 0.05) is 23.9 Å². The maximum atomic E-state index is 10.8. The molecule has 17 heavy (non-hydrogen) atoms. The van der Waals surface area contributed by atoms with E-state index in [0.717, 1.165) is 17.3 Å². The molecule has 0 amide bonds. The van der Waals surface area contributed by atoms with Crippen LogP contribution in [0.3, 0.4) is 0 Å². The summed E-state index contributed by atoms with van der Waals surface area (Å²) in [6.45, 7) is 3.26. The Morgan fingerprint density at radius 1 is 1.47 bits per heavy atom. The third-order valence-electron chi connectivity index (χ3n) is 2.50. The van der Waals surface area contributed by atoms with Crippen LogP contribution in [0.4, 0.5) is 5.69 Å². The highest BCUT2D eigenvalue weighted by Gasteiger charge is 2.21. The van der Waals surface area contributed by atoms with Crippen molar-refractivity contribution < 1.29 is 15.0 Å². The van der Waals surface area contributed by atoms with Crippen LogP contribution in [0.5, 0.6) is 0 Å². The predicted molar refractivity (Wildman–Crippen MR) is 69.7 cm³/mol. The highest BCUT2D eigenvalue weighted by atomic mass is 32.2. The fourth-order valence-corrected chi connectivity index (χ4v) is 2.05. The van der Waals surface area contributed by atoms with Crippen molar-refractivity contribution in [2.24, 2.45) is 0 Å². The molecule has 0 saturated heterocycles. The lowest BCUT2D eigenvalue weighted by Crippen LogP contribution is -2.22. The minimum Gasteiger partial charge on any atom is -0.398 e. The number of benzene rings is 1. The van der Waals surface area contributed by atoms with E-state index in [2.05, 4.69) is 0 Å². The summed E-state index contributed by atoms with van der Waals surface area (Å²) in [5.74, 6) is 0.157. The van der Waals surface area contributed by atoms with Crippen LogP contribution in [-0.4, -0.2) is 27.2 Å². The number of carbonyl (C=O) groups is 1. The molecule has 2 unspecified atom stereocenters. The van der Waals surface area contributed by atoms with Gasteiger partial charge in [-0.15, -0.1) is 0 Å². The summed E-state index contributed by atoms with van der Waals surface area (Å²) >= 11 is 0.983. The molecule has 0 aliphatic carbocycles. The van der Waals surface area contributed by atoms with Crippen LogP contribution in [0, 0.1) is 6.92 Å². The number of hydrogen-bond acceptors (Lipinski definition) is 5. The standard InChI is InChI=1S/C12H17NO3S/c1-7-4-3-5-9(11(7)13)12(16)10(15)6-17-8(2)14/h3-5,10,12,15-16H,6,13H2,1-2H3. The van der Waals surface area contributed by atoms with Crippen LogP contribution >= 0.6 is 11.8 Å². The van der Waals surface area contributed by atoms with Gasteiger partial charge < -0.3 is 15.9 Å². The fourth-order valence-electron chi connectivity index (χ4n) is 1.46. The van der Waals surface area contributed by atoms with E-state index in [-0.39, 0.29) is 10.9 Å². The molecule has 5 heteroatoms. The predicted octanol–water partition coefficient (Wildman–Crippen LogP) is 1.25. The fraction of sp³-hybridized carbons (Fsp3) is 0.417. The van der Waals surface area contributed by atoms with Crippen molar-refractivity contribution in [3.05, 3.63) is 29.3 Å². The summed E-state index contributed by atoms with van der Waals surface area (Å²) in [6, 6.07) is 5.28. The number of nitrogen functional groups attached to an aromatic ring is 1. The van der Waals surface area contributed by atoms with Crippen molar-refractivity contribution in [1.82, 2.24) is 0 Å². The maximum absolute atomic E-state index is 10.8. The molecule has 0 radical (unpaired) electrons. The zero-order chi connectivity index (χ0) is 13.0. The summed E-state index contributed by atoms with van der Waals surface area (Å²) in [5.41, 5.74) is 7.67. The number of nitrogens with two attached hydrogens (primary N) is 1. The zero-order valence-corrected chi connectivity index (χ0v) is 10.7. The molecule has 0 aliphatic rings. The van der Waals surface area contributed by atoms with Gasteiger partial charge in [0.15, 0.2) is 5.12 Å². The van der Waals surface area contributed by atoms with Gasteiger partial charge in [-0.1, -0.05) is 30.0 Å². The second kappa shape index (κ2) is 6.05. The molecule has 0 spiro atoms. The van der Waals surface area contributed by atoms with Crippen molar-refractivity contribution >= 4 is 22.6 Å². The van der Waals surface area contributed by atoms with Crippen molar-refractivity contribution in [1.29, 1.82) is 0 Å². The van der Waals surface area contributed by atoms with Crippen LogP contribution in [0.15, 0.2) is 18.2 Å². The Labute approximate surface area is 105 Å². The molecule has 0 aliphatic heterocycles. The minimum absolute atomic E-state index is 0.0894. The molecule has 0 fully saturated rings. The molecule has 0 saturated carbocycles. The minimum atomic E-state index is -1.07. The van der Waals surface area contributed by atoms with Gasteiger partial charge in [0.2, 0.25) is 0 Å². The molecule has 4 N–H and O–H groups in total. The first-order valence-corrected chi connectivity index (χ1v) is 6.26. The van der Waals surface area contributed by atoms with Gasteiger partial charge in [-0.3, -0.25) is 4.79 Å². The molecule has 0 aromatic heterocycles. The number of aryl methyl sites for hydroxylation is 1. The molecule has 0 bridgehead atoms. The van der Waals surface area contributed by atoms with Gasteiger partial charge in [-0.2, -0.15) is 0 Å². The second-order valence-electron chi connectivity index (χ2n) is 3.89. The molecular weight excluding hydrogens is 238 g/mol. The Bertz CT molecular complexity index is 409. The van der Waals surface area contributed by atoms with Gasteiger partial charge in [0.25, 0.3) is 0 Å². The zero-order valence-electron chi connectivity index (χ0n) is 9.88. The Kier molecular flexibility index (Phi) is 4.99. The van der Waals surface area contributed by atoms with Crippen LogP contribution < -0.4 is 5.73 Å². The van der Waals surface area contributed by atoms with E-state index >= 15 is 0 Å². The Hall–Kier alpha value is -1.04. The number of thioether (sulfide) groups is 1. The highest BCUT2D eigenvalue weighted by Crippen LogP contribution is 2.27. The number of carbonyl (C=O) groups excluding carboxylic acids is 1. The number of para-hydroxylation sites is 1. The Balaban J connectivity index is 2.77. The quantitative estimate of drug-likeness (QED) is 0.705. The molecule has 0 heterocycles. The number of anilines is 1. The van der Waals surface area contributed by atoms with E-state index in [4.69, 9.17) is 5.73 Å². The molecule has 1 aromatic carbocycles. The Morgan fingerprint density at radius 2 is 2.12 bits per heavy atom. The molecule has 1 aromatic rings. The third kappa shape index (κ3) is 3.73. The number of hydrogen-bond donors (Lipinski definition) is 3. The number of rotatable bonds is 4. The third-order valence-corrected chi connectivity index (χ3v) is 3.41. The van der Waals surface area contributed by atoms with E-state index in [1.807, 2.05) is 13.0 Å². The van der Waals surface area contributed by atoms with E-state index < -0.39 is 12.2 Å². The lowest BCUT2D eigenvalue weighted by Gasteiger charge is -2.19. The summed E-state index contributed by atoms with van der Waals surface area (Å²) in [5, 5.41) is 19.6. The molecule has 1 rings (SSSR count). The van der Waals surface area contributed by atoms with Gasteiger partial charge in [0.1, 0.15) is 6.10 Å². The van der Waals surface area contributed by atoms with Crippen LogP contribution in [0.25, 0.3) is 0 Å². The number of aliphatic hydroxyl groups is 2. The summed E-state index contributed by atoms with van der Waals surface area (Å²) in [4.78, 5) is 10.8. The second-order valence-corrected chi connectivity index (χ2v) is 5.09. The first-order valence-electron chi connectivity index (χ1n) is 5.28. The van der Waals surface area contributed by atoms with E-state index in [1.165, 1.54) is 6.92 Å². The number of aliphatic hydroxyl groups excluding tert-OH is 2. The Morgan fingerprint density at radius 3 is 2.71 bits per heavy atom. The average Bonchev–Trinajstić information content (AvgIpc) is 2.28. The summed E-state index contributed by atoms with van der Waals surface area (Å²) < 4.78 is 0.